The maximum atomic E-state index is 12.8. The summed E-state index contributed by atoms with van der Waals surface area (Å²) in [5, 5.41) is 2.68. The number of hydrogen-bond donors (Lipinski definition) is 1. The van der Waals surface area contributed by atoms with E-state index in [0.29, 0.717) is 5.65 Å². The van der Waals surface area contributed by atoms with Gasteiger partial charge in [-0.15, -0.1) is 0 Å². The monoisotopic (exact) mass is 467 g/mol. The fourth-order valence-corrected chi connectivity index (χ4v) is 3.27. The normalized spacial score (nSPS) is 12.8. The van der Waals surface area contributed by atoms with Crippen LogP contribution in [0.1, 0.15) is 30.7 Å². The molecule has 2 aromatic heterocycles. The van der Waals surface area contributed by atoms with Crippen LogP contribution in [0.4, 0.5) is 18.9 Å². The number of aromatic nitrogens is 2. The SMILES string of the molecule is Cc1ccn2c(=O)cc(COC(=O)[C@@H](Nc3ccc(C(F)(F)F)cc3Cl)C(C)C)nc2c1. The van der Waals surface area contributed by atoms with Gasteiger partial charge in [-0.1, -0.05) is 25.4 Å². The first kappa shape index (κ1) is 23.6. The van der Waals surface area contributed by atoms with Crippen LogP contribution in [0.3, 0.4) is 0 Å². The molecule has 0 fully saturated rings. The Kier molecular flexibility index (Phi) is 6.78. The summed E-state index contributed by atoms with van der Waals surface area (Å²) in [6, 6.07) is 6.75. The van der Waals surface area contributed by atoms with Crippen LogP contribution in [0.5, 0.6) is 0 Å². The third kappa shape index (κ3) is 5.40. The van der Waals surface area contributed by atoms with E-state index in [9.17, 15) is 22.8 Å². The van der Waals surface area contributed by atoms with Gasteiger partial charge in [-0.05, 0) is 48.7 Å². The van der Waals surface area contributed by atoms with Crippen molar-refractivity contribution in [1.82, 2.24) is 9.38 Å². The Morgan fingerprint density at radius 1 is 1.22 bits per heavy atom. The molecule has 10 heteroatoms. The van der Waals surface area contributed by atoms with Crippen LogP contribution < -0.4 is 10.9 Å². The number of halogens is 4. The molecular formula is C22H21ClF3N3O3. The summed E-state index contributed by atoms with van der Waals surface area (Å²) in [5.74, 6) is -0.916. The molecule has 6 nitrogen and oxygen atoms in total. The average molecular weight is 468 g/mol. The van der Waals surface area contributed by atoms with Crippen LogP contribution in [0, 0.1) is 12.8 Å². The molecule has 170 valence electrons. The molecule has 0 aliphatic carbocycles. The van der Waals surface area contributed by atoms with E-state index in [-0.39, 0.29) is 34.5 Å². The summed E-state index contributed by atoms with van der Waals surface area (Å²) >= 11 is 5.99. The second-order valence-corrected chi connectivity index (χ2v) is 8.09. The summed E-state index contributed by atoms with van der Waals surface area (Å²) in [6.07, 6.45) is -2.91. The maximum Gasteiger partial charge on any atom is 0.416 e. The lowest BCUT2D eigenvalue weighted by atomic mass is 10.0. The number of pyridine rings is 1. The molecule has 0 aliphatic heterocycles. The molecular weight excluding hydrogens is 447 g/mol. The smallest absolute Gasteiger partial charge is 0.416 e. The summed E-state index contributed by atoms with van der Waals surface area (Å²) < 4.78 is 45.3. The van der Waals surface area contributed by atoms with Crippen LogP contribution in [-0.2, 0) is 22.3 Å². The Labute approximate surface area is 187 Å². The second-order valence-electron chi connectivity index (χ2n) is 7.68. The number of benzene rings is 1. The van der Waals surface area contributed by atoms with Gasteiger partial charge in [0.25, 0.3) is 5.56 Å². The van der Waals surface area contributed by atoms with E-state index >= 15 is 0 Å². The number of ether oxygens (including phenoxy) is 1. The lowest BCUT2D eigenvalue weighted by Crippen LogP contribution is -2.36. The van der Waals surface area contributed by atoms with Crippen molar-refractivity contribution in [2.45, 2.75) is 39.6 Å². The molecule has 0 saturated heterocycles. The predicted octanol–water partition coefficient (Wildman–Crippen LogP) is 4.86. The van der Waals surface area contributed by atoms with Gasteiger partial charge in [-0.3, -0.25) is 9.20 Å². The standard InChI is InChI=1S/C22H21ClF3N3O3/c1-12(2)20(28-17-5-4-14(9-16(17)23)22(24,25)26)21(31)32-11-15-10-19(30)29-7-6-13(3)8-18(29)27-15/h4-10,12,20,28H,11H2,1-3H3/t20-/m0/s1. The molecule has 0 aliphatic rings. The molecule has 0 unspecified atom stereocenters. The zero-order valence-electron chi connectivity index (χ0n) is 17.5. The number of carbonyl (C=O) groups is 1. The van der Waals surface area contributed by atoms with Gasteiger partial charge in [0, 0.05) is 12.3 Å². The number of fused-ring (bicyclic) bond motifs is 1. The first-order valence-corrected chi connectivity index (χ1v) is 10.1. The molecule has 3 rings (SSSR count). The highest BCUT2D eigenvalue weighted by molar-refractivity contribution is 6.33. The first-order valence-electron chi connectivity index (χ1n) is 9.74. The molecule has 2 heterocycles. The number of hydrogen-bond acceptors (Lipinski definition) is 5. The van der Waals surface area contributed by atoms with Crippen molar-refractivity contribution in [1.29, 1.82) is 0 Å². The number of nitrogens with zero attached hydrogens (tertiary/aromatic N) is 2. The lowest BCUT2D eigenvalue weighted by Gasteiger charge is -2.23. The van der Waals surface area contributed by atoms with Gasteiger partial charge in [0.2, 0.25) is 0 Å². The minimum Gasteiger partial charge on any atom is -0.458 e. The molecule has 0 amide bonds. The highest BCUT2D eigenvalue weighted by Crippen LogP contribution is 2.34. The Morgan fingerprint density at radius 3 is 2.56 bits per heavy atom. The Bertz CT molecular complexity index is 1210. The van der Waals surface area contributed by atoms with Crippen LogP contribution in [0.15, 0.2) is 47.4 Å². The Hall–Kier alpha value is -3.07. The molecule has 32 heavy (non-hydrogen) atoms. The summed E-state index contributed by atoms with van der Waals surface area (Å²) in [6.45, 7) is 5.13. The van der Waals surface area contributed by atoms with Crippen LogP contribution in [-0.4, -0.2) is 21.4 Å². The minimum absolute atomic E-state index is 0.169. The van der Waals surface area contributed by atoms with Crippen LogP contribution in [0.25, 0.3) is 5.65 Å². The molecule has 0 bridgehead atoms. The summed E-state index contributed by atoms with van der Waals surface area (Å²) in [7, 11) is 0. The van der Waals surface area contributed by atoms with E-state index in [1.807, 2.05) is 6.92 Å². The van der Waals surface area contributed by atoms with E-state index in [4.69, 9.17) is 16.3 Å². The first-order chi connectivity index (χ1) is 15.0. The zero-order valence-corrected chi connectivity index (χ0v) is 18.3. The van der Waals surface area contributed by atoms with Crippen molar-refractivity contribution in [2.24, 2.45) is 5.92 Å². The quantitative estimate of drug-likeness (QED) is 0.524. The second kappa shape index (κ2) is 9.20. The van der Waals surface area contributed by atoms with Crippen molar-refractivity contribution >= 4 is 28.9 Å². The molecule has 3 aromatic rings. The van der Waals surface area contributed by atoms with Crippen molar-refractivity contribution in [3.05, 3.63) is 74.8 Å². The van der Waals surface area contributed by atoms with E-state index in [1.165, 1.54) is 16.5 Å². The van der Waals surface area contributed by atoms with Crippen molar-refractivity contribution in [3.63, 3.8) is 0 Å². The molecule has 0 spiro atoms. The predicted molar refractivity (Wildman–Crippen MR) is 115 cm³/mol. The van der Waals surface area contributed by atoms with Crippen molar-refractivity contribution in [3.8, 4) is 0 Å². The minimum atomic E-state index is -4.53. The Morgan fingerprint density at radius 2 is 1.94 bits per heavy atom. The number of rotatable bonds is 6. The largest absolute Gasteiger partial charge is 0.458 e. The number of alkyl halides is 3. The van der Waals surface area contributed by atoms with E-state index in [0.717, 1.165) is 17.7 Å². The number of anilines is 1. The van der Waals surface area contributed by atoms with Crippen LogP contribution in [0.2, 0.25) is 5.02 Å². The Balaban J connectivity index is 1.75. The molecule has 0 radical (unpaired) electrons. The topological polar surface area (TPSA) is 72.7 Å². The number of esters is 1. The fourth-order valence-electron chi connectivity index (χ4n) is 3.04. The third-order valence-electron chi connectivity index (χ3n) is 4.77. The number of carbonyl (C=O) groups excluding carboxylic acids is 1. The zero-order chi connectivity index (χ0) is 23.6. The van der Waals surface area contributed by atoms with Gasteiger partial charge >= 0.3 is 12.1 Å². The van der Waals surface area contributed by atoms with E-state index in [1.54, 1.807) is 32.2 Å². The molecule has 0 saturated carbocycles. The van der Waals surface area contributed by atoms with Gasteiger partial charge in [0.1, 0.15) is 18.3 Å². The third-order valence-corrected chi connectivity index (χ3v) is 5.08. The molecule has 1 N–H and O–H groups in total. The molecule has 1 atom stereocenters. The van der Waals surface area contributed by atoms with Crippen LogP contribution >= 0.6 is 11.6 Å². The summed E-state index contributed by atoms with van der Waals surface area (Å²) in [4.78, 5) is 29.3. The van der Waals surface area contributed by atoms with Gasteiger partial charge in [-0.2, -0.15) is 13.2 Å². The van der Waals surface area contributed by atoms with Gasteiger partial charge in [0.05, 0.1) is 22.0 Å². The lowest BCUT2D eigenvalue weighted by molar-refractivity contribution is -0.147. The number of aryl methyl sites for hydroxylation is 1. The highest BCUT2D eigenvalue weighted by Gasteiger charge is 2.31. The van der Waals surface area contributed by atoms with Crippen molar-refractivity contribution in [2.75, 3.05) is 5.32 Å². The summed E-state index contributed by atoms with van der Waals surface area (Å²) in [5.41, 5.74) is 0.607. The fraction of sp³-hybridized carbons (Fsp3) is 0.318. The number of nitrogens with one attached hydrogen (secondary N) is 1. The van der Waals surface area contributed by atoms with Gasteiger partial charge in [-0.25, -0.2) is 9.78 Å². The maximum absolute atomic E-state index is 12.8. The highest BCUT2D eigenvalue weighted by atomic mass is 35.5. The van der Waals surface area contributed by atoms with E-state index < -0.39 is 23.8 Å². The van der Waals surface area contributed by atoms with E-state index in [2.05, 4.69) is 10.3 Å². The molecule has 1 aromatic carbocycles. The van der Waals surface area contributed by atoms with Crippen molar-refractivity contribution < 1.29 is 22.7 Å². The average Bonchev–Trinajstić information content (AvgIpc) is 2.69. The van der Waals surface area contributed by atoms with Gasteiger partial charge < -0.3 is 10.1 Å². The van der Waals surface area contributed by atoms with Gasteiger partial charge in [0.15, 0.2) is 0 Å².